The number of rotatable bonds is 7. The van der Waals surface area contributed by atoms with Crippen LogP contribution in [0.2, 0.25) is 0 Å². The predicted molar refractivity (Wildman–Crippen MR) is 110 cm³/mol. The van der Waals surface area contributed by atoms with Crippen LogP contribution < -0.4 is 10.6 Å². The number of amidine groups is 1. The van der Waals surface area contributed by atoms with E-state index in [0.29, 0.717) is 0 Å². The summed E-state index contributed by atoms with van der Waals surface area (Å²) in [5.74, 6) is 8.70. The number of hydrogen-bond acceptors (Lipinski definition) is 4. The van der Waals surface area contributed by atoms with Crippen molar-refractivity contribution < 1.29 is 4.74 Å². The van der Waals surface area contributed by atoms with Gasteiger partial charge in [-0.25, -0.2) is 5.84 Å². The zero-order valence-corrected chi connectivity index (χ0v) is 15.9. The van der Waals surface area contributed by atoms with Crippen LogP contribution in [0.4, 0.5) is 0 Å². The Morgan fingerprint density at radius 2 is 1.63 bits per heavy atom. The summed E-state index contributed by atoms with van der Waals surface area (Å²) in [4.78, 5) is 4.46. The van der Waals surface area contributed by atoms with E-state index in [1.807, 2.05) is 0 Å². The Labute approximate surface area is 162 Å². The molecule has 0 amide bonds. The van der Waals surface area contributed by atoms with Gasteiger partial charge in [0.25, 0.3) is 0 Å². The maximum atomic E-state index is 5.95. The molecule has 0 unspecified atom stereocenters. The monoisotopic (exact) mass is 363 g/mol. The fraction of sp³-hybridized carbons (Fsp3) is 0.435. The minimum Gasteiger partial charge on any atom is -0.494 e. The van der Waals surface area contributed by atoms with Gasteiger partial charge in [0.05, 0.1) is 19.7 Å². The lowest BCUT2D eigenvalue weighted by Gasteiger charge is -2.13. The average molecular weight is 364 g/mol. The van der Waals surface area contributed by atoms with E-state index in [4.69, 9.17) is 10.6 Å². The third kappa shape index (κ3) is 4.69. The normalized spacial score (nSPS) is 17.4. The van der Waals surface area contributed by atoms with Crippen LogP contribution in [0.15, 0.2) is 53.5 Å². The second kappa shape index (κ2) is 8.57. The Morgan fingerprint density at radius 1 is 0.963 bits per heavy atom. The highest BCUT2D eigenvalue weighted by Crippen LogP contribution is 2.27. The SMILES string of the molecule is NN1CCN=C1c1ccc(Cc2ccc(OCCC3CCCC3)cc2)cc1. The largest absolute Gasteiger partial charge is 0.494 e. The highest BCUT2D eigenvalue weighted by Gasteiger charge is 2.15. The minimum absolute atomic E-state index is 0.780. The lowest BCUT2D eigenvalue weighted by Crippen LogP contribution is -2.34. The van der Waals surface area contributed by atoms with Gasteiger partial charge in [-0.1, -0.05) is 62.1 Å². The summed E-state index contributed by atoms with van der Waals surface area (Å²) in [7, 11) is 0. The molecule has 0 spiro atoms. The third-order valence-electron chi connectivity index (χ3n) is 5.69. The summed E-state index contributed by atoms with van der Waals surface area (Å²) in [5.41, 5.74) is 3.67. The Bertz CT molecular complexity index is 761. The van der Waals surface area contributed by atoms with Crippen molar-refractivity contribution in [3.63, 3.8) is 0 Å². The second-order valence-electron chi connectivity index (χ2n) is 7.70. The predicted octanol–water partition coefficient (Wildman–Crippen LogP) is 4.17. The summed E-state index contributed by atoms with van der Waals surface area (Å²) in [6.07, 6.45) is 7.69. The van der Waals surface area contributed by atoms with E-state index in [9.17, 15) is 0 Å². The van der Waals surface area contributed by atoms with Crippen molar-refractivity contribution in [2.75, 3.05) is 19.7 Å². The number of aliphatic imine (C=N–C) groups is 1. The zero-order chi connectivity index (χ0) is 18.5. The molecule has 1 aliphatic carbocycles. The van der Waals surface area contributed by atoms with Crippen molar-refractivity contribution in [3.8, 4) is 5.75 Å². The average Bonchev–Trinajstić information content (AvgIpc) is 3.36. The Kier molecular flexibility index (Phi) is 5.73. The summed E-state index contributed by atoms with van der Waals surface area (Å²) in [5, 5.41) is 1.72. The van der Waals surface area contributed by atoms with Crippen molar-refractivity contribution in [2.45, 2.75) is 38.5 Å². The molecule has 0 radical (unpaired) electrons. The van der Waals surface area contributed by atoms with Gasteiger partial charge >= 0.3 is 0 Å². The summed E-state index contributed by atoms with van der Waals surface area (Å²) in [6, 6.07) is 17.1. The van der Waals surface area contributed by atoms with Crippen LogP contribution in [0.3, 0.4) is 0 Å². The highest BCUT2D eigenvalue weighted by molar-refractivity contribution is 5.99. The number of nitrogens with two attached hydrogens (primary N) is 1. The quantitative estimate of drug-likeness (QED) is 0.751. The van der Waals surface area contributed by atoms with Crippen LogP contribution in [-0.2, 0) is 6.42 Å². The van der Waals surface area contributed by atoms with Gasteiger partial charge < -0.3 is 4.74 Å². The van der Waals surface area contributed by atoms with Gasteiger partial charge in [0.15, 0.2) is 0 Å². The summed E-state index contributed by atoms with van der Waals surface area (Å²) < 4.78 is 5.93. The topological polar surface area (TPSA) is 50.8 Å². The lowest BCUT2D eigenvalue weighted by atomic mass is 10.0. The maximum Gasteiger partial charge on any atom is 0.145 e. The third-order valence-corrected chi connectivity index (χ3v) is 5.69. The lowest BCUT2D eigenvalue weighted by molar-refractivity contribution is 0.279. The van der Waals surface area contributed by atoms with Crippen LogP contribution in [-0.4, -0.2) is 30.5 Å². The number of benzene rings is 2. The first-order chi connectivity index (χ1) is 13.3. The van der Waals surface area contributed by atoms with Gasteiger partial charge in [-0.05, 0) is 42.0 Å². The van der Waals surface area contributed by atoms with Crippen molar-refractivity contribution in [1.82, 2.24) is 5.01 Å². The van der Waals surface area contributed by atoms with E-state index in [1.165, 1.54) is 43.2 Å². The molecule has 1 aliphatic heterocycles. The molecule has 4 rings (SSSR count). The molecule has 27 heavy (non-hydrogen) atoms. The molecule has 1 saturated carbocycles. The molecule has 2 aromatic carbocycles. The number of hydrazine groups is 1. The number of ether oxygens (including phenoxy) is 1. The zero-order valence-electron chi connectivity index (χ0n) is 15.9. The van der Waals surface area contributed by atoms with Crippen molar-refractivity contribution in [3.05, 3.63) is 65.2 Å². The molecule has 1 heterocycles. The van der Waals surface area contributed by atoms with Crippen LogP contribution in [0.5, 0.6) is 5.75 Å². The molecule has 4 heteroatoms. The maximum absolute atomic E-state index is 5.95. The molecule has 0 saturated heterocycles. The first-order valence-electron chi connectivity index (χ1n) is 10.2. The first-order valence-corrected chi connectivity index (χ1v) is 10.2. The van der Waals surface area contributed by atoms with E-state index in [0.717, 1.165) is 49.2 Å². The molecular weight excluding hydrogens is 334 g/mol. The van der Waals surface area contributed by atoms with E-state index in [2.05, 4.69) is 53.5 Å². The molecule has 0 atom stereocenters. The Morgan fingerprint density at radius 3 is 2.26 bits per heavy atom. The fourth-order valence-corrected chi connectivity index (χ4v) is 4.07. The van der Waals surface area contributed by atoms with Gasteiger partial charge in [0, 0.05) is 5.56 Å². The summed E-state index contributed by atoms with van der Waals surface area (Å²) >= 11 is 0. The standard InChI is InChI=1S/C23H29N3O/c24-26-15-14-25-23(26)21-9-5-19(6-10-21)17-20-7-11-22(12-8-20)27-16-13-18-3-1-2-4-18/h5-12,18H,1-4,13-17,24H2. The molecule has 4 nitrogen and oxygen atoms in total. The van der Waals surface area contributed by atoms with E-state index in [1.54, 1.807) is 5.01 Å². The van der Waals surface area contributed by atoms with Gasteiger partial charge in [-0.2, -0.15) is 0 Å². The van der Waals surface area contributed by atoms with E-state index < -0.39 is 0 Å². The molecule has 2 aliphatic rings. The van der Waals surface area contributed by atoms with Crippen LogP contribution in [0.25, 0.3) is 0 Å². The number of nitrogens with zero attached hydrogens (tertiary/aromatic N) is 2. The first kappa shape index (κ1) is 18.1. The molecule has 0 bridgehead atoms. The molecule has 2 aromatic rings. The van der Waals surface area contributed by atoms with Crippen molar-refractivity contribution >= 4 is 5.84 Å². The van der Waals surface area contributed by atoms with Gasteiger partial charge in [-0.3, -0.25) is 10.0 Å². The summed E-state index contributed by atoms with van der Waals surface area (Å²) in [6.45, 7) is 2.42. The molecular formula is C23H29N3O. The van der Waals surface area contributed by atoms with Crippen molar-refractivity contribution in [2.24, 2.45) is 16.8 Å². The molecule has 1 fully saturated rings. The molecule has 2 N–H and O–H groups in total. The van der Waals surface area contributed by atoms with Crippen molar-refractivity contribution in [1.29, 1.82) is 0 Å². The number of hydrogen-bond donors (Lipinski definition) is 1. The van der Waals surface area contributed by atoms with E-state index >= 15 is 0 Å². The second-order valence-corrected chi connectivity index (χ2v) is 7.70. The Balaban J connectivity index is 1.29. The van der Waals surface area contributed by atoms with E-state index in [-0.39, 0.29) is 0 Å². The molecule has 0 aromatic heterocycles. The van der Waals surface area contributed by atoms with Crippen LogP contribution >= 0.6 is 0 Å². The minimum atomic E-state index is 0.780. The highest BCUT2D eigenvalue weighted by atomic mass is 16.5. The van der Waals surface area contributed by atoms with Crippen LogP contribution in [0, 0.1) is 5.92 Å². The Hall–Kier alpha value is -2.33. The molecule has 142 valence electrons. The van der Waals surface area contributed by atoms with Gasteiger partial charge in [0.1, 0.15) is 11.6 Å². The van der Waals surface area contributed by atoms with Gasteiger partial charge in [-0.15, -0.1) is 0 Å². The van der Waals surface area contributed by atoms with Gasteiger partial charge in [0.2, 0.25) is 0 Å². The smallest absolute Gasteiger partial charge is 0.145 e. The fourth-order valence-electron chi connectivity index (χ4n) is 4.07. The van der Waals surface area contributed by atoms with Crippen LogP contribution in [0.1, 0.15) is 48.8 Å².